The maximum Gasteiger partial charge on any atom is 0.405 e. The van der Waals surface area contributed by atoms with Crippen molar-refractivity contribution in [3.8, 4) is 0 Å². The van der Waals surface area contributed by atoms with Crippen molar-refractivity contribution in [2.24, 2.45) is 0 Å². The molecule has 0 saturated heterocycles. The van der Waals surface area contributed by atoms with Crippen molar-refractivity contribution in [1.82, 2.24) is 9.62 Å². The van der Waals surface area contributed by atoms with Crippen molar-refractivity contribution >= 4 is 27.5 Å². The number of nitrogens with one attached hydrogen (secondary N) is 1. The molecular formula is C11H11ClF4N2O3S. The first kappa shape index (κ1) is 18.7. The predicted molar refractivity (Wildman–Crippen MR) is 70.3 cm³/mol. The van der Waals surface area contributed by atoms with Crippen LogP contribution in [0.1, 0.15) is 0 Å². The summed E-state index contributed by atoms with van der Waals surface area (Å²) < 4.78 is 73.5. The Balaban J connectivity index is 2.83. The van der Waals surface area contributed by atoms with Crippen LogP contribution in [-0.4, -0.2) is 44.9 Å². The number of nitrogens with zero attached hydrogens (tertiary/aromatic N) is 1. The van der Waals surface area contributed by atoms with Gasteiger partial charge >= 0.3 is 6.18 Å². The van der Waals surface area contributed by atoms with Crippen LogP contribution in [0.25, 0.3) is 0 Å². The first-order valence-corrected chi connectivity index (χ1v) is 7.50. The number of hydrogen-bond donors (Lipinski definition) is 1. The van der Waals surface area contributed by atoms with Gasteiger partial charge in [-0.25, -0.2) is 12.8 Å². The van der Waals surface area contributed by atoms with Crippen LogP contribution < -0.4 is 5.32 Å². The summed E-state index contributed by atoms with van der Waals surface area (Å²) in [7, 11) is -3.25. The molecule has 0 atom stereocenters. The van der Waals surface area contributed by atoms with E-state index in [4.69, 9.17) is 11.6 Å². The lowest BCUT2D eigenvalue weighted by molar-refractivity contribution is -0.138. The van der Waals surface area contributed by atoms with Gasteiger partial charge in [0.2, 0.25) is 15.9 Å². The first-order valence-electron chi connectivity index (χ1n) is 5.68. The lowest BCUT2D eigenvalue weighted by Crippen LogP contribution is -2.41. The zero-order valence-corrected chi connectivity index (χ0v) is 12.7. The molecule has 0 radical (unpaired) electrons. The van der Waals surface area contributed by atoms with Gasteiger partial charge in [-0.3, -0.25) is 4.79 Å². The fraction of sp³-hybridized carbons (Fsp3) is 0.364. The summed E-state index contributed by atoms with van der Waals surface area (Å²) in [5, 5.41) is 1.14. The summed E-state index contributed by atoms with van der Waals surface area (Å²) in [4.78, 5) is 10.9. The van der Waals surface area contributed by atoms with Crippen LogP contribution >= 0.6 is 11.6 Å². The zero-order chi connectivity index (χ0) is 17.1. The molecule has 0 fully saturated rings. The SMILES string of the molecule is CN(CC(=O)NCC(F)(F)F)S(=O)(=O)c1ccc(F)cc1Cl. The van der Waals surface area contributed by atoms with E-state index in [0.29, 0.717) is 4.31 Å². The molecule has 0 aliphatic carbocycles. The minimum Gasteiger partial charge on any atom is -0.346 e. The normalized spacial score (nSPS) is 12.5. The number of likely N-dealkylation sites (N-methyl/N-ethyl adjacent to an activating group) is 1. The van der Waals surface area contributed by atoms with Crippen LogP contribution in [0.2, 0.25) is 5.02 Å². The standard InChI is InChI=1S/C11H11ClF4N2O3S/c1-18(5-10(19)17-6-11(14,15)16)22(20,21)9-3-2-7(13)4-8(9)12/h2-4H,5-6H2,1H3,(H,17,19). The molecule has 0 aliphatic heterocycles. The van der Waals surface area contributed by atoms with Gasteiger partial charge < -0.3 is 5.32 Å². The highest BCUT2D eigenvalue weighted by Crippen LogP contribution is 2.24. The molecule has 0 spiro atoms. The van der Waals surface area contributed by atoms with Gasteiger partial charge in [0.1, 0.15) is 17.3 Å². The third-order valence-corrected chi connectivity index (χ3v) is 4.72. The maximum atomic E-state index is 12.9. The molecule has 11 heteroatoms. The number of rotatable bonds is 5. The highest BCUT2D eigenvalue weighted by atomic mass is 35.5. The summed E-state index contributed by atoms with van der Waals surface area (Å²) >= 11 is 5.62. The van der Waals surface area contributed by atoms with E-state index in [2.05, 4.69) is 0 Å². The van der Waals surface area contributed by atoms with Crippen LogP contribution in [0, 0.1) is 5.82 Å². The van der Waals surface area contributed by atoms with Gasteiger partial charge in [0.25, 0.3) is 0 Å². The van der Waals surface area contributed by atoms with Gasteiger partial charge in [0.15, 0.2) is 0 Å². The minimum atomic E-state index is -4.60. The molecule has 0 aliphatic rings. The van der Waals surface area contributed by atoms with Crippen LogP contribution in [0.5, 0.6) is 0 Å². The third-order valence-electron chi connectivity index (χ3n) is 2.43. The van der Waals surface area contributed by atoms with Gasteiger partial charge in [-0.1, -0.05) is 11.6 Å². The van der Waals surface area contributed by atoms with Crippen molar-refractivity contribution in [2.75, 3.05) is 20.1 Å². The Hall–Kier alpha value is -1.39. The largest absolute Gasteiger partial charge is 0.405 e. The lowest BCUT2D eigenvalue weighted by atomic mass is 10.3. The summed E-state index contributed by atoms with van der Waals surface area (Å²) in [5.74, 6) is -1.89. The molecule has 0 aromatic heterocycles. The van der Waals surface area contributed by atoms with Crippen molar-refractivity contribution in [3.05, 3.63) is 29.0 Å². The summed E-state index contributed by atoms with van der Waals surface area (Å²) in [6.45, 7) is -2.41. The number of sulfonamides is 1. The van der Waals surface area contributed by atoms with Crippen molar-refractivity contribution < 1.29 is 30.8 Å². The first-order chi connectivity index (χ1) is 9.93. The molecule has 1 N–H and O–H groups in total. The van der Waals surface area contributed by atoms with E-state index in [9.17, 15) is 30.8 Å². The Labute approximate surface area is 128 Å². The van der Waals surface area contributed by atoms with Crippen molar-refractivity contribution in [2.45, 2.75) is 11.1 Å². The molecule has 5 nitrogen and oxygen atoms in total. The molecule has 22 heavy (non-hydrogen) atoms. The molecule has 0 bridgehead atoms. The molecule has 1 aromatic carbocycles. The van der Waals surface area contributed by atoms with Crippen LogP contribution in [0.3, 0.4) is 0 Å². The maximum absolute atomic E-state index is 12.9. The summed E-state index contributed by atoms with van der Waals surface area (Å²) in [6, 6.07) is 2.53. The van der Waals surface area contributed by atoms with E-state index in [1.54, 1.807) is 0 Å². The summed E-state index contributed by atoms with van der Waals surface area (Å²) in [5.41, 5.74) is 0. The molecule has 1 rings (SSSR count). The second-order valence-corrected chi connectivity index (χ2v) is 6.65. The number of benzene rings is 1. The molecule has 0 unspecified atom stereocenters. The highest BCUT2D eigenvalue weighted by molar-refractivity contribution is 7.89. The number of alkyl halides is 3. The third kappa shape index (κ3) is 5.11. The van der Waals surface area contributed by atoms with E-state index < -0.39 is 50.9 Å². The molecular weight excluding hydrogens is 352 g/mol. The molecule has 0 heterocycles. The fourth-order valence-electron chi connectivity index (χ4n) is 1.39. The summed E-state index contributed by atoms with van der Waals surface area (Å²) in [6.07, 6.45) is -4.60. The number of carbonyl (C=O) groups excluding carboxylic acids is 1. The molecule has 0 saturated carbocycles. The minimum absolute atomic E-state index is 0.400. The Morgan fingerprint density at radius 1 is 1.36 bits per heavy atom. The van der Waals surface area contributed by atoms with Gasteiger partial charge in [-0.05, 0) is 18.2 Å². The number of amides is 1. The Morgan fingerprint density at radius 2 is 1.95 bits per heavy atom. The predicted octanol–water partition coefficient (Wildman–Crippen LogP) is 1.78. The fourth-order valence-corrected chi connectivity index (χ4v) is 3.02. The number of carbonyl (C=O) groups is 1. The van der Waals surface area contributed by atoms with Crippen LogP contribution in [-0.2, 0) is 14.8 Å². The van der Waals surface area contributed by atoms with E-state index >= 15 is 0 Å². The topological polar surface area (TPSA) is 66.5 Å². The van der Waals surface area contributed by atoms with Crippen LogP contribution in [0.4, 0.5) is 17.6 Å². The lowest BCUT2D eigenvalue weighted by Gasteiger charge is -2.18. The monoisotopic (exact) mass is 362 g/mol. The molecule has 124 valence electrons. The van der Waals surface area contributed by atoms with Crippen LogP contribution in [0.15, 0.2) is 23.1 Å². The average Bonchev–Trinajstić information content (AvgIpc) is 2.35. The van der Waals surface area contributed by atoms with Gasteiger partial charge in [0, 0.05) is 7.05 Å². The second kappa shape index (κ2) is 6.80. The molecule has 1 amide bonds. The number of hydrogen-bond acceptors (Lipinski definition) is 3. The van der Waals surface area contributed by atoms with E-state index in [1.165, 1.54) is 5.32 Å². The van der Waals surface area contributed by atoms with E-state index in [1.807, 2.05) is 0 Å². The highest BCUT2D eigenvalue weighted by Gasteiger charge is 2.29. The Kier molecular flexibility index (Phi) is 5.76. The zero-order valence-electron chi connectivity index (χ0n) is 11.1. The van der Waals surface area contributed by atoms with E-state index in [0.717, 1.165) is 25.2 Å². The van der Waals surface area contributed by atoms with Crippen molar-refractivity contribution in [1.29, 1.82) is 0 Å². The van der Waals surface area contributed by atoms with Gasteiger partial charge in [0.05, 0.1) is 11.6 Å². The Morgan fingerprint density at radius 3 is 2.45 bits per heavy atom. The van der Waals surface area contributed by atoms with Crippen molar-refractivity contribution in [3.63, 3.8) is 0 Å². The Bertz CT molecular complexity index is 664. The second-order valence-electron chi connectivity index (χ2n) is 4.23. The smallest absolute Gasteiger partial charge is 0.346 e. The van der Waals surface area contributed by atoms with Gasteiger partial charge in [-0.2, -0.15) is 17.5 Å². The molecule has 1 aromatic rings. The quantitative estimate of drug-likeness (QED) is 0.812. The average molecular weight is 363 g/mol. The number of halogens is 5. The van der Waals surface area contributed by atoms with Gasteiger partial charge in [-0.15, -0.1) is 0 Å². The van der Waals surface area contributed by atoms with E-state index in [-0.39, 0.29) is 0 Å².